The van der Waals surface area contributed by atoms with Gasteiger partial charge in [0.15, 0.2) is 10.6 Å². The zero-order chi connectivity index (χ0) is 17.5. The van der Waals surface area contributed by atoms with E-state index in [0.717, 1.165) is 27.6 Å². The van der Waals surface area contributed by atoms with Crippen molar-refractivity contribution >= 4 is 33.8 Å². The first kappa shape index (κ1) is 15.1. The van der Waals surface area contributed by atoms with Crippen LogP contribution in [-0.2, 0) is 0 Å². The molecular weight excluding hydrogens is 348 g/mol. The summed E-state index contributed by atoms with van der Waals surface area (Å²) >= 11 is 1.27. The van der Waals surface area contributed by atoms with Gasteiger partial charge in [0.25, 0.3) is 5.22 Å². The number of benzene rings is 2. The van der Waals surface area contributed by atoms with E-state index in [0.29, 0.717) is 21.7 Å². The second-order valence-electron chi connectivity index (χ2n) is 5.74. The fourth-order valence-corrected chi connectivity index (χ4v) is 3.53. The summed E-state index contributed by atoms with van der Waals surface area (Å²) in [5, 5.41) is 10.3. The Morgan fingerprint density at radius 2 is 1.73 bits per heavy atom. The highest BCUT2D eigenvalue weighted by Crippen LogP contribution is 2.36. The second-order valence-corrected chi connectivity index (χ2v) is 6.68. The Balaban J connectivity index is 1.55. The van der Waals surface area contributed by atoms with Crippen molar-refractivity contribution in [3.8, 4) is 11.5 Å². The topological polar surface area (TPSA) is 77.8 Å². The summed E-state index contributed by atoms with van der Waals surface area (Å²) in [6.45, 7) is 2.01. The Morgan fingerprint density at radius 3 is 2.65 bits per heavy atom. The molecule has 0 aliphatic heterocycles. The first-order valence-corrected chi connectivity index (χ1v) is 8.81. The summed E-state index contributed by atoms with van der Waals surface area (Å²) in [6, 6.07) is 15.7. The van der Waals surface area contributed by atoms with Gasteiger partial charge >= 0.3 is 0 Å². The molecule has 0 fully saturated rings. The standard InChI is InChI=1S/C19H12N4O2S/c1-11-6-2-3-7-12(11)17-22-23-19(25-17)26-18-16-15(20-10-21-18)13-8-4-5-9-14(13)24-16/h2-10H,1H3. The maximum atomic E-state index is 5.93. The third kappa shape index (κ3) is 2.44. The summed E-state index contributed by atoms with van der Waals surface area (Å²) in [6.07, 6.45) is 1.52. The Hall–Kier alpha value is -3.19. The molecule has 0 atom stereocenters. The molecule has 0 amide bonds. The molecule has 0 saturated heterocycles. The molecule has 3 heterocycles. The molecule has 126 valence electrons. The summed E-state index contributed by atoms with van der Waals surface area (Å²) in [5.74, 6) is 0.487. The summed E-state index contributed by atoms with van der Waals surface area (Å²) < 4.78 is 11.7. The smallest absolute Gasteiger partial charge is 0.283 e. The van der Waals surface area contributed by atoms with Crippen LogP contribution in [-0.4, -0.2) is 20.2 Å². The van der Waals surface area contributed by atoms with Crippen LogP contribution in [0.4, 0.5) is 0 Å². The molecule has 0 radical (unpaired) electrons. The zero-order valence-corrected chi connectivity index (χ0v) is 14.5. The Kier molecular flexibility index (Phi) is 3.46. The lowest BCUT2D eigenvalue weighted by Gasteiger charge is -1.99. The van der Waals surface area contributed by atoms with Crippen molar-refractivity contribution in [3.63, 3.8) is 0 Å². The van der Waals surface area contributed by atoms with E-state index < -0.39 is 0 Å². The molecule has 0 N–H and O–H groups in total. The zero-order valence-electron chi connectivity index (χ0n) is 13.7. The van der Waals surface area contributed by atoms with Crippen LogP contribution in [0.2, 0.25) is 0 Å². The molecule has 0 unspecified atom stereocenters. The number of aryl methyl sites for hydroxylation is 1. The molecular formula is C19H12N4O2S. The van der Waals surface area contributed by atoms with Crippen LogP contribution in [0.3, 0.4) is 0 Å². The van der Waals surface area contributed by atoms with Gasteiger partial charge in [-0.15, -0.1) is 10.2 Å². The predicted molar refractivity (Wildman–Crippen MR) is 97.9 cm³/mol. The molecule has 2 aromatic carbocycles. The largest absolute Gasteiger partial charge is 0.451 e. The van der Waals surface area contributed by atoms with E-state index in [-0.39, 0.29) is 0 Å². The molecule has 0 aliphatic rings. The van der Waals surface area contributed by atoms with Crippen molar-refractivity contribution in [1.82, 2.24) is 20.2 Å². The molecule has 0 bridgehead atoms. The van der Waals surface area contributed by atoms with Crippen LogP contribution in [0.5, 0.6) is 0 Å². The fraction of sp³-hybridized carbons (Fsp3) is 0.0526. The Labute approximate surface area is 152 Å². The average molecular weight is 360 g/mol. The van der Waals surface area contributed by atoms with E-state index >= 15 is 0 Å². The Bertz CT molecular complexity index is 1240. The molecule has 0 aliphatic carbocycles. The number of hydrogen-bond acceptors (Lipinski definition) is 7. The van der Waals surface area contributed by atoms with Crippen LogP contribution in [0.25, 0.3) is 33.5 Å². The number of para-hydroxylation sites is 1. The van der Waals surface area contributed by atoms with Crippen LogP contribution >= 0.6 is 11.8 Å². The van der Waals surface area contributed by atoms with Gasteiger partial charge in [0.05, 0.1) is 0 Å². The molecule has 0 saturated carbocycles. The normalized spacial score (nSPS) is 11.4. The van der Waals surface area contributed by atoms with Gasteiger partial charge in [0.1, 0.15) is 17.4 Å². The fourth-order valence-electron chi connectivity index (χ4n) is 2.83. The molecule has 5 rings (SSSR count). The number of nitrogens with zero attached hydrogens (tertiary/aromatic N) is 4. The van der Waals surface area contributed by atoms with Gasteiger partial charge in [-0.05, 0) is 42.4 Å². The molecule has 6 nitrogen and oxygen atoms in total. The highest BCUT2D eigenvalue weighted by Gasteiger charge is 2.17. The minimum atomic E-state index is 0.406. The lowest BCUT2D eigenvalue weighted by atomic mass is 10.1. The van der Waals surface area contributed by atoms with Gasteiger partial charge in [-0.1, -0.05) is 30.3 Å². The van der Waals surface area contributed by atoms with Crippen LogP contribution in [0.1, 0.15) is 5.56 Å². The van der Waals surface area contributed by atoms with Gasteiger partial charge in [0, 0.05) is 10.9 Å². The lowest BCUT2D eigenvalue weighted by Crippen LogP contribution is -1.84. The maximum absolute atomic E-state index is 5.93. The third-order valence-corrected chi connectivity index (χ3v) is 4.92. The Morgan fingerprint density at radius 1 is 0.885 bits per heavy atom. The van der Waals surface area contributed by atoms with Crippen LogP contribution in [0, 0.1) is 6.92 Å². The van der Waals surface area contributed by atoms with Crippen LogP contribution < -0.4 is 0 Å². The summed E-state index contributed by atoms with van der Waals surface area (Å²) in [7, 11) is 0. The van der Waals surface area contributed by atoms with E-state index in [2.05, 4.69) is 20.2 Å². The number of hydrogen-bond donors (Lipinski definition) is 0. The molecule has 0 spiro atoms. The maximum Gasteiger partial charge on any atom is 0.283 e. The quantitative estimate of drug-likeness (QED) is 0.424. The average Bonchev–Trinajstić information content (AvgIpc) is 3.27. The van der Waals surface area contributed by atoms with E-state index in [1.54, 1.807) is 0 Å². The van der Waals surface area contributed by atoms with Gasteiger partial charge in [0.2, 0.25) is 5.89 Å². The van der Waals surface area contributed by atoms with Gasteiger partial charge in [-0.25, -0.2) is 9.97 Å². The van der Waals surface area contributed by atoms with Crippen molar-refractivity contribution < 1.29 is 8.83 Å². The molecule has 26 heavy (non-hydrogen) atoms. The third-order valence-electron chi connectivity index (χ3n) is 4.09. The van der Waals surface area contributed by atoms with E-state index in [1.165, 1.54) is 18.1 Å². The number of fused-ring (bicyclic) bond motifs is 3. The van der Waals surface area contributed by atoms with Crippen LogP contribution in [0.15, 0.2) is 73.9 Å². The van der Waals surface area contributed by atoms with Crippen molar-refractivity contribution in [2.75, 3.05) is 0 Å². The van der Waals surface area contributed by atoms with Crippen molar-refractivity contribution in [2.45, 2.75) is 17.2 Å². The van der Waals surface area contributed by atoms with E-state index in [4.69, 9.17) is 8.83 Å². The minimum Gasteiger partial charge on any atom is -0.451 e. The van der Waals surface area contributed by atoms with Crippen molar-refractivity contribution in [3.05, 3.63) is 60.4 Å². The lowest BCUT2D eigenvalue weighted by molar-refractivity contribution is 0.465. The van der Waals surface area contributed by atoms with Gasteiger partial charge in [-0.3, -0.25) is 0 Å². The van der Waals surface area contributed by atoms with E-state index in [1.807, 2.05) is 55.5 Å². The second kappa shape index (κ2) is 5.96. The summed E-state index contributed by atoms with van der Waals surface area (Å²) in [4.78, 5) is 8.68. The SMILES string of the molecule is Cc1ccccc1-c1nnc(Sc2ncnc3c2oc2ccccc23)o1. The molecule has 5 aromatic rings. The number of furan rings is 1. The number of rotatable bonds is 3. The minimum absolute atomic E-state index is 0.406. The van der Waals surface area contributed by atoms with Crippen molar-refractivity contribution in [1.29, 1.82) is 0 Å². The summed E-state index contributed by atoms with van der Waals surface area (Å²) in [5.41, 5.74) is 4.17. The highest BCUT2D eigenvalue weighted by molar-refractivity contribution is 7.99. The monoisotopic (exact) mass is 360 g/mol. The highest BCUT2D eigenvalue weighted by atomic mass is 32.2. The number of aromatic nitrogens is 4. The van der Waals surface area contributed by atoms with Crippen molar-refractivity contribution in [2.24, 2.45) is 0 Å². The van der Waals surface area contributed by atoms with Gasteiger partial charge < -0.3 is 8.83 Å². The van der Waals surface area contributed by atoms with E-state index in [9.17, 15) is 0 Å². The predicted octanol–water partition coefficient (Wildman–Crippen LogP) is 4.89. The molecule has 3 aromatic heterocycles. The first-order chi connectivity index (χ1) is 12.8. The van der Waals surface area contributed by atoms with Gasteiger partial charge in [-0.2, -0.15) is 0 Å². The first-order valence-electron chi connectivity index (χ1n) is 7.99. The molecule has 7 heteroatoms.